The van der Waals surface area contributed by atoms with E-state index in [1.165, 1.54) is 0 Å². The zero-order valence-corrected chi connectivity index (χ0v) is 14.5. The summed E-state index contributed by atoms with van der Waals surface area (Å²) in [6.45, 7) is 1.63. The van der Waals surface area contributed by atoms with E-state index in [0.29, 0.717) is 11.7 Å². The van der Waals surface area contributed by atoms with Crippen molar-refractivity contribution in [3.63, 3.8) is 0 Å². The Morgan fingerprint density at radius 3 is 2.69 bits per heavy atom. The predicted molar refractivity (Wildman–Crippen MR) is 97.0 cm³/mol. The summed E-state index contributed by atoms with van der Waals surface area (Å²) < 4.78 is 16.1. The summed E-state index contributed by atoms with van der Waals surface area (Å²) in [7, 11) is 1.63. The van der Waals surface area contributed by atoms with Crippen LogP contribution in [0.1, 0.15) is 12.8 Å². The second-order valence-corrected chi connectivity index (χ2v) is 6.10. The molecule has 1 N–H and O–H groups in total. The number of methoxy groups -OCH3 is 1. The van der Waals surface area contributed by atoms with Crippen molar-refractivity contribution in [2.45, 2.75) is 18.9 Å². The van der Waals surface area contributed by atoms with Crippen LogP contribution >= 0.6 is 0 Å². The SMILES string of the molecule is COc1ccc(-c2noc(-c3ccc(NC[C@@H]4CCCO4)nc3)n2)cc1. The van der Waals surface area contributed by atoms with Crippen LogP contribution < -0.4 is 10.1 Å². The lowest BCUT2D eigenvalue weighted by molar-refractivity contribution is 0.120. The molecule has 0 bridgehead atoms. The third-order valence-electron chi connectivity index (χ3n) is 4.32. The first-order chi connectivity index (χ1) is 12.8. The van der Waals surface area contributed by atoms with Crippen LogP contribution in [0.2, 0.25) is 0 Å². The highest BCUT2D eigenvalue weighted by atomic mass is 16.5. The summed E-state index contributed by atoms with van der Waals surface area (Å²) in [5.74, 6) is 2.56. The Kier molecular flexibility index (Phi) is 4.79. The number of ether oxygens (including phenoxy) is 2. The zero-order chi connectivity index (χ0) is 17.8. The van der Waals surface area contributed by atoms with Crippen LogP contribution in [-0.4, -0.2) is 41.5 Å². The molecule has 3 aromatic rings. The molecule has 0 spiro atoms. The molecule has 1 fully saturated rings. The molecule has 1 aliphatic heterocycles. The summed E-state index contributed by atoms with van der Waals surface area (Å²) in [6.07, 6.45) is 4.23. The van der Waals surface area contributed by atoms with Gasteiger partial charge >= 0.3 is 0 Å². The van der Waals surface area contributed by atoms with Crippen LogP contribution in [0.5, 0.6) is 5.75 Å². The maximum atomic E-state index is 5.60. The monoisotopic (exact) mass is 352 g/mol. The fourth-order valence-electron chi connectivity index (χ4n) is 2.85. The van der Waals surface area contributed by atoms with E-state index < -0.39 is 0 Å². The summed E-state index contributed by atoms with van der Waals surface area (Å²) in [4.78, 5) is 8.86. The quantitative estimate of drug-likeness (QED) is 0.728. The molecule has 0 amide bonds. The molecule has 0 aliphatic carbocycles. The van der Waals surface area contributed by atoms with Crippen molar-refractivity contribution in [1.29, 1.82) is 0 Å². The normalized spacial score (nSPS) is 16.6. The summed E-state index contributed by atoms with van der Waals surface area (Å²) in [6, 6.07) is 11.3. The van der Waals surface area contributed by atoms with Crippen molar-refractivity contribution < 1.29 is 14.0 Å². The lowest BCUT2D eigenvalue weighted by Gasteiger charge is -2.11. The number of rotatable bonds is 6. The second-order valence-electron chi connectivity index (χ2n) is 6.10. The second kappa shape index (κ2) is 7.53. The van der Waals surface area contributed by atoms with Crippen LogP contribution in [-0.2, 0) is 4.74 Å². The van der Waals surface area contributed by atoms with E-state index in [1.807, 2.05) is 36.4 Å². The van der Waals surface area contributed by atoms with Crippen LogP contribution in [0.3, 0.4) is 0 Å². The molecule has 4 rings (SSSR count). The number of pyridine rings is 1. The van der Waals surface area contributed by atoms with E-state index in [-0.39, 0.29) is 6.10 Å². The molecule has 1 saturated heterocycles. The van der Waals surface area contributed by atoms with E-state index in [9.17, 15) is 0 Å². The number of aromatic nitrogens is 3. The molecule has 0 radical (unpaired) electrons. The Balaban J connectivity index is 1.43. The molecule has 0 saturated carbocycles. The van der Waals surface area contributed by atoms with E-state index >= 15 is 0 Å². The van der Waals surface area contributed by atoms with E-state index in [1.54, 1.807) is 13.3 Å². The lowest BCUT2D eigenvalue weighted by Crippen LogP contribution is -2.18. The standard InChI is InChI=1S/C19H20N4O3/c1-24-15-7-4-13(5-8-15)18-22-19(26-23-18)14-6-9-17(20-11-14)21-12-16-3-2-10-25-16/h4-9,11,16H,2-3,10,12H2,1H3,(H,20,21)/t16-/m0/s1. The van der Waals surface area contributed by atoms with Crippen molar-refractivity contribution in [1.82, 2.24) is 15.1 Å². The molecule has 26 heavy (non-hydrogen) atoms. The average Bonchev–Trinajstić information content (AvgIpc) is 3.39. The van der Waals surface area contributed by atoms with Gasteiger partial charge in [0.25, 0.3) is 5.89 Å². The van der Waals surface area contributed by atoms with E-state index in [4.69, 9.17) is 14.0 Å². The zero-order valence-electron chi connectivity index (χ0n) is 14.5. The molecular formula is C19H20N4O3. The fourth-order valence-corrected chi connectivity index (χ4v) is 2.85. The van der Waals surface area contributed by atoms with E-state index in [0.717, 1.165) is 48.7 Å². The molecular weight excluding hydrogens is 332 g/mol. The van der Waals surface area contributed by atoms with E-state index in [2.05, 4.69) is 20.4 Å². The highest BCUT2D eigenvalue weighted by Gasteiger charge is 2.15. The van der Waals surface area contributed by atoms with Crippen molar-refractivity contribution in [3.05, 3.63) is 42.6 Å². The number of hydrogen-bond donors (Lipinski definition) is 1. The van der Waals surface area contributed by atoms with Gasteiger partial charge in [-0.1, -0.05) is 5.16 Å². The fraction of sp³-hybridized carbons (Fsp3) is 0.316. The summed E-state index contributed by atoms with van der Waals surface area (Å²) in [5, 5.41) is 7.34. The molecule has 1 aromatic carbocycles. The molecule has 2 aromatic heterocycles. The smallest absolute Gasteiger partial charge is 0.259 e. The third-order valence-corrected chi connectivity index (χ3v) is 4.32. The molecule has 3 heterocycles. The van der Waals surface area contributed by atoms with Gasteiger partial charge in [-0.15, -0.1) is 0 Å². The minimum Gasteiger partial charge on any atom is -0.497 e. The number of nitrogens with one attached hydrogen (secondary N) is 1. The first-order valence-electron chi connectivity index (χ1n) is 8.62. The van der Waals surface area contributed by atoms with Crippen molar-refractivity contribution in [3.8, 4) is 28.6 Å². The summed E-state index contributed by atoms with van der Waals surface area (Å²) in [5.41, 5.74) is 1.64. The topological polar surface area (TPSA) is 82.3 Å². The Labute approximate surface area is 151 Å². The van der Waals surface area contributed by atoms with Crippen molar-refractivity contribution >= 4 is 5.82 Å². The maximum absolute atomic E-state index is 5.60. The van der Waals surface area contributed by atoms with Gasteiger partial charge in [0.2, 0.25) is 5.82 Å². The summed E-state index contributed by atoms with van der Waals surface area (Å²) >= 11 is 0. The van der Waals surface area contributed by atoms with Crippen molar-refractivity contribution in [2.24, 2.45) is 0 Å². The van der Waals surface area contributed by atoms with Crippen LogP contribution in [0.25, 0.3) is 22.8 Å². The van der Waals surface area contributed by atoms with Gasteiger partial charge in [0.1, 0.15) is 11.6 Å². The molecule has 1 aliphatic rings. The molecule has 7 heteroatoms. The number of anilines is 1. The highest BCUT2D eigenvalue weighted by molar-refractivity contribution is 5.60. The van der Waals surface area contributed by atoms with Crippen molar-refractivity contribution in [2.75, 3.05) is 25.6 Å². The minimum absolute atomic E-state index is 0.277. The molecule has 134 valence electrons. The van der Waals surface area contributed by atoms with Gasteiger partial charge in [-0.2, -0.15) is 4.98 Å². The number of benzene rings is 1. The largest absolute Gasteiger partial charge is 0.497 e. The number of nitrogens with zero attached hydrogens (tertiary/aromatic N) is 3. The van der Waals surface area contributed by atoms with Crippen LogP contribution in [0.4, 0.5) is 5.82 Å². The Morgan fingerprint density at radius 1 is 1.15 bits per heavy atom. The van der Waals surface area contributed by atoms with Crippen LogP contribution in [0.15, 0.2) is 47.1 Å². The van der Waals surface area contributed by atoms with Gasteiger partial charge in [0, 0.05) is 24.9 Å². The van der Waals surface area contributed by atoms with Gasteiger partial charge in [0.05, 0.1) is 18.8 Å². The van der Waals surface area contributed by atoms with Gasteiger partial charge in [-0.3, -0.25) is 0 Å². The Hall–Kier alpha value is -2.93. The predicted octanol–water partition coefficient (Wildman–Crippen LogP) is 3.40. The first-order valence-corrected chi connectivity index (χ1v) is 8.62. The first kappa shape index (κ1) is 16.5. The van der Waals surface area contributed by atoms with Gasteiger partial charge in [0.15, 0.2) is 0 Å². The number of hydrogen-bond acceptors (Lipinski definition) is 7. The molecule has 7 nitrogen and oxygen atoms in total. The van der Waals surface area contributed by atoms with Gasteiger partial charge in [-0.05, 0) is 49.2 Å². The minimum atomic E-state index is 0.277. The Bertz CT molecular complexity index is 840. The van der Waals surface area contributed by atoms with Gasteiger partial charge in [-0.25, -0.2) is 4.98 Å². The van der Waals surface area contributed by atoms with Crippen LogP contribution in [0, 0.1) is 0 Å². The Morgan fingerprint density at radius 2 is 2.00 bits per heavy atom. The molecule has 1 atom stereocenters. The lowest BCUT2D eigenvalue weighted by atomic mass is 10.2. The maximum Gasteiger partial charge on any atom is 0.259 e. The van der Waals surface area contributed by atoms with Gasteiger partial charge < -0.3 is 19.3 Å². The third kappa shape index (κ3) is 3.67. The highest BCUT2D eigenvalue weighted by Crippen LogP contribution is 2.24. The molecule has 0 unspecified atom stereocenters. The average molecular weight is 352 g/mol.